The molecule has 0 spiro atoms. The Morgan fingerprint density at radius 3 is 2.57 bits per heavy atom. The number of nitrogens with zero attached hydrogens (tertiary/aromatic N) is 6. The molecule has 1 saturated heterocycles. The Kier molecular flexibility index (Phi) is 6.59. The molecule has 1 N–H and O–H groups in total. The van der Waals surface area contributed by atoms with Gasteiger partial charge in [-0.15, -0.1) is 0 Å². The van der Waals surface area contributed by atoms with Crippen molar-refractivity contribution in [1.82, 2.24) is 25.0 Å². The first-order valence-corrected chi connectivity index (χ1v) is 10.6. The molecule has 1 fully saturated rings. The summed E-state index contributed by atoms with van der Waals surface area (Å²) in [5.74, 6) is 2.04. The average Bonchev–Trinajstić information content (AvgIpc) is 3.29. The molecule has 0 unspecified atom stereocenters. The van der Waals surface area contributed by atoms with Gasteiger partial charge in [0.25, 0.3) is 0 Å². The summed E-state index contributed by atoms with van der Waals surface area (Å²) in [5, 5.41) is 7.92. The molecule has 0 bridgehead atoms. The van der Waals surface area contributed by atoms with Crippen LogP contribution >= 0.6 is 0 Å². The van der Waals surface area contributed by atoms with Gasteiger partial charge >= 0.3 is 0 Å². The first-order valence-electron chi connectivity index (χ1n) is 10.6. The molecule has 0 saturated carbocycles. The van der Waals surface area contributed by atoms with E-state index in [9.17, 15) is 0 Å². The summed E-state index contributed by atoms with van der Waals surface area (Å²) in [6.45, 7) is 7.50. The van der Waals surface area contributed by atoms with E-state index in [0.29, 0.717) is 0 Å². The van der Waals surface area contributed by atoms with Crippen LogP contribution in [-0.4, -0.2) is 64.9 Å². The monoisotopic (exact) mass is 403 g/mol. The Labute approximate surface area is 178 Å². The van der Waals surface area contributed by atoms with Gasteiger partial charge in [0, 0.05) is 51.7 Å². The number of benzene rings is 1. The van der Waals surface area contributed by atoms with E-state index in [2.05, 4.69) is 56.5 Å². The maximum Gasteiger partial charge on any atom is 0.194 e. The lowest BCUT2D eigenvalue weighted by molar-refractivity contribution is 0.371. The molecule has 1 aromatic carbocycles. The van der Waals surface area contributed by atoms with Gasteiger partial charge in [-0.25, -0.2) is 9.67 Å². The molecule has 7 heteroatoms. The summed E-state index contributed by atoms with van der Waals surface area (Å²) in [6.07, 6.45) is 6.74. The molecule has 0 radical (unpaired) electrons. The number of para-hydroxylation sites is 1. The van der Waals surface area contributed by atoms with Gasteiger partial charge in [0.2, 0.25) is 0 Å². The molecular weight excluding hydrogens is 374 g/mol. The molecule has 3 heterocycles. The van der Waals surface area contributed by atoms with Crippen molar-refractivity contribution < 1.29 is 0 Å². The van der Waals surface area contributed by atoms with Gasteiger partial charge in [-0.05, 0) is 43.2 Å². The molecule has 0 atom stereocenters. The van der Waals surface area contributed by atoms with Crippen LogP contribution in [0.2, 0.25) is 0 Å². The first kappa shape index (κ1) is 19.9. The molecule has 3 aromatic rings. The molecule has 1 aliphatic heterocycles. The normalized spacial score (nSPS) is 14.8. The largest absolute Gasteiger partial charge is 0.357 e. The zero-order chi connectivity index (χ0) is 20.6. The molecule has 1 aliphatic rings. The molecule has 4 rings (SSSR count). The zero-order valence-electron chi connectivity index (χ0n) is 17.5. The van der Waals surface area contributed by atoms with Crippen LogP contribution in [0.4, 0.5) is 5.82 Å². The van der Waals surface area contributed by atoms with Gasteiger partial charge in [-0.3, -0.25) is 4.99 Å². The van der Waals surface area contributed by atoms with Gasteiger partial charge in [-0.1, -0.05) is 24.3 Å². The number of rotatable bonds is 6. The summed E-state index contributed by atoms with van der Waals surface area (Å²) in [7, 11) is 0. The third kappa shape index (κ3) is 4.97. The van der Waals surface area contributed by atoms with E-state index in [1.807, 2.05) is 47.4 Å². The second kappa shape index (κ2) is 9.91. The highest BCUT2D eigenvalue weighted by Gasteiger charge is 2.20. The summed E-state index contributed by atoms with van der Waals surface area (Å²) in [6, 6.07) is 16.3. The third-order valence-electron chi connectivity index (χ3n) is 5.21. The molecule has 156 valence electrons. The fourth-order valence-corrected chi connectivity index (χ4v) is 3.62. The molecule has 30 heavy (non-hydrogen) atoms. The van der Waals surface area contributed by atoms with Crippen molar-refractivity contribution in [3.63, 3.8) is 0 Å². The number of hydrogen-bond acceptors (Lipinski definition) is 4. The summed E-state index contributed by atoms with van der Waals surface area (Å²) < 4.78 is 1.92. The Morgan fingerprint density at radius 2 is 1.83 bits per heavy atom. The highest BCUT2D eigenvalue weighted by molar-refractivity contribution is 5.80. The Balaban J connectivity index is 1.33. The Hall–Kier alpha value is -3.35. The molecular formula is C23H29N7. The second-order valence-corrected chi connectivity index (χ2v) is 7.28. The van der Waals surface area contributed by atoms with Crippen molar-refractivity contribution in [2.75, 3.05) is 44.2 Å². The van der Waals surface area contributed by atoms with Gasteiger partial charge in [-0.2, -0.15) is 5.10 Å². The van der Waals surface area contributed by atoms with E-state index in [1.165, 1.54) is 5.56 Å². The van der Waals surface area contributed by atoms with Crippen molar-refractivity contribution in [3.8, 4) is 5.69 Å². The topological polar surface area (TPSA) is 61.6 Å². The summed E-state index contributed by atoms with van der Waals surface area (Å²) >= 11 is 0. The number of nitrogens with one attached hydrogen (secondary N) is 1. The lowest BCUT2D eigenvalue weighted by atomic mass is 10.2. The van der Waals surface area contributed by atoms with Crippen LogP contribution in [0.5, 0.6) is 0 Å². The van der Waals surface area contributed by atoms with Crippen molar-refractivity contribution in [2.24, 2.45) is 4.99 Å². The first-order chi connectivity index (χ1) is 14.8. The van der Waals surface area contributed by atoms with Gasteiger partial charge < -0.3 is 15.1 Å². The van der Waals surface area contributed by atoms with Crippen molar-refractivity contribution >= 4 is 11.8 Å². The smallest absolute Gasteiger partial charge is 0.194 e. The number of guanidine groups is 1. The van der Waals surface area contributed by atoms with Crippen LogP contribution in [0.3, 0.4) is 0 Å². The van der Waals surface area contributed by atoms with Crippen LogP contribution in [-0.2, 0) is 6.42 Å². The van der Waals surface area contributed by atoms with Gasteiger partial charge in [0.1, 0.15) is 5.82 Å². The van der Waals surface area contributed by atoms with E-state index >= 15 is 0 Å². The standard InChI is InChI=1S/C23H29N7/c1-2-24-23(29-16-14-28(15-17-29)22-10-6-7-12-25-22)26-13-11-20-18-27-30(19-20)21-8-4-3-5-9-21/h3-10,12,18-19H,2,11,13-17H2,1H3,(H,24,26). The van der Waals surface area contributed by atoms with Gasteiger partial charge in [0.05, 0.1) is 11.9 Å². The van der Waals surface area contributed by atoms with Gasteiger partial charge in [0.15, 0.2) is 5.96 Å². The average molecular weight is 404 g/mol. The number of pyridine rings is 1. The third-order valence-corrected chi connectivity index (χ3v) is 5.21. The van der Waals surface area contributed by atoms with Crippen molar-refractivity contribution in [3.05, 3.63) is 72.7 Å². The number of piperazine rings is 1. The van der Waals surface area contributed by atoms with Crippen LogP contribution in [0.15, 0.2) is 72.1 Å². The predicted molar refractivity (Wildman–Crippen MR) is 121 cm³/mol. The highest BCUT2D eigenvalue weighted by atomic mass is 15.4. The van der Waals surface area contributed by atoms with E-state index < -0.39 is 0 Å². The van der Waals surface area contributed by atoms with Crippen LogP contribution in [0.25, 0.3) is 5.69 Å². The SMILES string of the molecule is CCNC(=NCCc1cnn(-c2ccccc2)c1)N1CCN(c2ccccn2)CC1. The minimum Gasteiger partial charge on any atom is -0.357 e. The highest BCUT2D eigenvalue weighted by Crippen LogP contribution is 2.13. The van der Waals surface area contributed by atoms with E-state index in [-0.39, 0.29) is 0 Å². The number of aromatic nitrogens is 3. The Bertz CT molecular complexity index is 928. The van der Waals surface area contributed by atoms with Crippen LogP contribution in [0, 0.1) is 0 Å². The quantitative estimate of drug-likeness (QED) is 0.506. The zero-order valence-corrected chi connectivity index (χ0v) is 17.5. The summed E-state index contributed by atoms with van der Waals surface area (Å²) in [5.41, 5.74) is 2.27. The Morgan fingerprint density at radius 1 is 1.03 bits per heavy atom. The lowest BCUT2D eigenvalue weighted by Gasteiger charge is -2.37. The molecule has 0 aliphatic carbocycles. The van der Waals surface area contributed by atoms with E-state index in [1.54, 1.807) is 0 Å². The molecule has 7 nitrogen and oxygen atoms in total. The van der Waals surface area contributed by atoms with Crippen molar-refractivity contribution in [1.29, 1.82) is 0 Å². The van der Waals surface area contributed by atoms with Crippen LogP contribution in [0.1, 0.15) is 12.5 Å². The van der Waals surface area contributed by atoms with E-state index in [4.69, 9.17) is 4.99 Å². The lowest BCUT2D eigenvalue weighted by Crippen LogP contribution is -2.52. The van der Waals surface area contributed by atoms with Crippen LogP contribution < -0.4 is 10.2 Å². The van der Waals surface area contributed by atoms with Crippen molar-refractivity contribution in [2.45, 2.75) is 13.3 Å². The van der Waals surface area contributed by atoms with E-state index in [0.717, 1.165) is 63.2 Å². The summed E-state index contributed by atoms with van der Waals surface area (Å²) in [4.78, 5) is 14.0. The maximum atomic E-state index is 4.87. The fraction of sp³-hybridized carbons (Fsp3) is 0.348. The minimum absolute atomic E-state index is 0.739. The number of aliphatic imine (C=N–C) groups is 1. The molecule has 2 aromatic heterocycles. The molecule has 0 amide bonds. The maximum absolute atomic E-state index is 4.87. The second-order valence-electron chi connectivity index (χ2n) is 7.28. The minimum atomic E-state index is 0.739. The number of hydrogen-bond donors (Lipinski definition) is 1. The number of anilines is 1. The predicted octanol–water partition coefficient (Wildman–Crippen LogP) is 2.60. The fourth-order valence-electron chi connectivity index (χ4n) is 3.62.